The highest BCUT2D eigenvalue weighted by atomic mass is 16.6. The van der Waals surface area contributed by atoms with Gasteiger partial charge in [0, 0.05) is 31.9 Å². The number of nitrogens with one attached hydrogen (secondary N) is 3. The molecule has 0 aromatic heterocycles. The van der Waals surface area contributed by atoms with Gasteiger partial charge in [-0.25, -0.2) is 14.5 Å². The summed E-state index contributed by atoms with van der Waals surface area (Å²) < 4.78 is 11.0. The summed E-state index contributed by atoms with van der Waals surface area (Å²) in [6, 6.07) is 9.83. The average molecular weight is 423 g/mol. The zero-order chi connectivity index (χ0) is 22.2. The number of amides is 2. The molecule has 0 bridgehead atoms. The molecule has 0 radical (unpaired) electrons. The standard InChI is InChI=1S/C22H38N4O4/c1-5-7-14-24-21(27)29-18(3)26(17-16-23-20-12-10-9-11-13-20)19(4)30-22(28)25-15-8-6-2/h9-13,18-19,23H,5-8,14-17H2,1-4H3,(H,24,27)(H,25,28). The number of rotatable bonds is 14. The van der Waals surface area contributed by atoms with Crippen molar-refractivity contribution < 1.29 is 19.1 Å². The van der Waals surface area contributed by atoms with Gasteiger partial charge in [-0.15, -0.1) is 0 Å². The van der Waals surface area contributed by atoms with Crippen molar-refractivity contribution in [2.45, 2.75) is 65.8 Å². The molecule has 0 saturated heterocycles. The normalized spacial score (nSPS) is 12.7. The number of unbranched alkanes of at least 4 members (excludes halogenated alkanes) is 2. The van der Waals surface area contributed by atoms with Crippen molar-refractivity contribution in [1.29, 1.82) is 0 Å². The van der Waals surface area contributed by atoms with Gasteiger partial charge >= 0.3 is 12.2 Å². The second-order valence-corrected chi connectivity index (χ2v) is 7.10. The van der Waals surface area contributed by atoms with Crippen molar-refractivity contribution in [3.63, 3.8) is 0 Å². The number of ether oxygens (including phenoxy) is 2. The van der Waals surface area contributed by atoms with Crippen molar-refractivity contribution in [3.05, 3.63) is 30.3 Å². The van der Waals surface area contributed by atoms with Gasteiger partial charge in [0.1, 0.15) is 0 Å². The first-order valence-electron chi connectivity index (χ1n) is 10.9. The fourth-order valence-electron chi connectivity index (χ4n) is 2.81. The predicted octanol–water partition coefficient (Wildman–Crippen LogP) is 4.15. The molecule has 170 valence electrons. The molecule has 1 aromatic rings. The van der Waals surface area contributed by atoms with E-state index < -0.39 is 24.6 Å². The lowest BCUT2D eigenvalue weighted by molar-refractivity contribution is -0.0893. The maximum atomic E-state index is 12.1. The van der Waals surface area contributed by atoms with E-state index in [0.29, 0.717) is 26.2 Å². The Morgan fingerprint density at radius 2 is 1.37 bits per heavy atom. The zero-order valence-electron chi connectivity index (χ0n) is 18.8. The molecule has 1 rings (SSSR count). The summed E-state index contributed by atoms with van der Waals surface area (Å²) in [6.45, 7) is 9.92. The Balaban J connectivity index is 2.63. The van der Waals surface area contributed by atoms with Gasteiger partial charge in [0.25, 0.3) is 0 Å². The van der Waals surface area contributed by atoms with Crippen LogP contribution in [0.5, 0.6) is 0 Å². The maximum Gasteiger partial charge on any atom is 0.408 e. The van der Waals surface area contributed by atoms with E-state index in [4.69, 9.17) is 9.47 Å². The van der Waals surface area contributed by atoms with Crippen LogP contribution >= 0.6 is 0 Å². The van der Waals surface area contributed by atoms with Crippen LogP contribution in [0.4, 0.5) is 15.3 Å². The Kier molecular flexibility index (Phi) is 13.1. The molecule has 0 aliphatic carbocycles. The minimum atomic E-state index is -0.567. The maximum absolute atomic E-state index is 12.1. The Hall–Kier alpha value is -2.48. The third-order valence-corrected chi connectivity index (χ3v) is 4.56. The van der Waals surface area contributed by atoms with Gasteiger partial charge in [-0.3, -0.25) is 0 Å². The fourth-order valence-corrected chi connectivity index (χ4v) is 2.81. The quantitative estimate of drug-likeness (QED) is 0.308. The fraction of sp³-hybridized carbons (Fsp3) is 0.636. The highest BCUT2D eigenvalue weighted by Gasteiger charge is 2.25. The van der Waals surface area contributed by atoms with E-state index in [2.05, 4.69) is 29.8 Å². The van der Waals surface area contributed by atoms with Crippen LogP contribution in [-0.4, -0.2) is 55.7 Å². The van der Waals surface area contributed by atoms with Crippen molar-refractivity contribution in [3.8, 4) is 0 Å². The Morgan fingerprint density at radius 3 is 1.83 bits per heavy atom. The highest BCUT2D eigenvalue weighted by Crippen LogP contribution is 2.11. The molecule has 2 atom stereocenters. The van der Waals surface area contributed by atoms with E-state index in [-0.39, 0.29) is 0 Å². The Bertz CT molecular complexity index is 570. The first-order chi connectivity index (χ1) is 14.5. The van der Waals surface area contributed by atoms with Crippen LogP contribution in [0.15, 0.2) is 30.3 Å². The third kappa shape index (κ3) is 10.9. The number of carbonyl (C=O) groups excluding carboxylic acids is 2. The van der Waals surface area contributed by atoms with Crippen LogP contribution in [0.2, 0.25) is 0 Å². The van der Waals surface area contributed by atoms with Crippen molar-refractivity contribution in [2.24, 2.45) is 0 Å². The van der Waals surface area contributed by atoms with Crippen LogP contribution in [0, 0.1) is 0 Å². The minimum Gasteiger partial charge on any atom is -0.430 e. The molecule has 0 fully saturated rings. The van der Waals surface area contributed by atoms with E-state index in [1.165, 1.54) is 0 Å². The first kappa shape index (κ1) is 25.6. The van der Waals surface area contributed by atoms with E-state index in [1.54, 1.807) is 13.8 Å². The Labute approximate surface area is 180 Å². The summed E-state index contributed by atoms with van der Waals surface area (Å²) in [5.74, 6) is 0. The number of benzene rings is 1. The van der Waals surface area contributed by atoms with Crippen LogP contribution in [0.3, 0.4) is 0 Å². The monoisotopic (exact) mass is 422 g/mol. The van der Waals surface area contributed by atoms with Crippen LogP contribution in [-0.2, 0) is 9.47 Å². The molecule has 0 aliphatic heterocycles. The topological polar surface area (TPSA) is 91.9 Å². The van der Waals surface area contributed by atoms with Gasteiger partial charge in [-0.05, 0) is 38.8 Å². The summed E-state index contributed by atoms with van der Waals surface area (Å²) in [5, 5.41) is 8.81. The largest absolute Gasteiger partial charge is 0.430 e. The summed E-state index contributed by atoms with van der Waals surface area (Å²) >= 11 is 0. The molecular weight excluding hydrogens is 384 g/mol. The lowest BCUT2D eigenvalue weighted by Gasteiger charge is -2.33. The molecule has 8 heteroatoms. The van der Waals surface area contributed by atoms with E-state index in [9.17, 15) is 9.59 Å². The highest BCUT2D eigenvalue weighted by molar-refractivity contribution is 5.67. The molecule has 3 N–H and O–H groups in total. The number of nitrogens with zero attached hydrogens (tertiary/aromatic N) is 1. The molecule has 1 aromatic carbocycles. The second-order valence-electron chi connectivity index (χ2n) is 7.10. The van der Waals surface area contributed by atoms with Gasteiger partial charge in [0.15, 0.2) is 12.5 Å². The van der Waals surface area contributed by atoms with E-state index >= 15 is 0 Å². The summed E-state index contributed by atoms with van der Waals surface area (Å²) in [4.78, 5) is 25.9. The van der Waals surface area contributed by atoms with Crippen molar-refractivity contribution in [1.82, 2.24) is 15.5 Å². The number of anilines is 1. The average Bonchev–Trinajstić information content (AvgIpc) is 2.72. The molecule has 0 heterocycles. The van der Waals surface area contributed by atoms with Gasteiger partial charge < -0.3 is 25.4 Å². The lowest BCUT2D eigenvalue weighted by Crippen LogP contribution is -2.48. The molecular formula is C22H38N4O4. The summed E-state index contributed by atoms with van der Waals surface area (Å²) in [5.41, 5.74) is 0.995. The number of para-hydroxylation sites is 1. The van der Waals surface area contributed by atoms with E-state index in [1.807, 2.05) is 35.2 Å². The van der Waals surface area contributed by atoms with Gasteiger partial charge in [0.05, 0.1) is 0 Å². The predicted molar refractivity (Wildman–Crippen MR) is 119 cm³/mol. The molecule has 2 amide bonds. The molecule has 0 spiro atoms. The lowest BCUT2D eigenvalue weighted by atomic mass is 10.3. The van der Waals surface area contributed by atoms with Gasteiger partial charge in [0.2, 0.25) is 0 Å². The molecule has 0 aliphatic rings. The molecule has 2 unspecified atom stereocenters. The Morgan fingerprint density at radius 1 is 0.867 bits per heavy atom. The summed E-state index contributed by atoms with van der Waals surface area (Å²) in [7, 11) is 0. The second kappa shape index (κ2) is 15.4. The zero-order valence-corrected chi connectivity index (χ0v) is 18.8. The molecule has 0 saturated carbocycles. The summed E-state index contributed by atoms with van der Waals surface area (Å²) in [6.07, 6.45) is 1.69. The number of alkyl carbamates (subject to hydrolysis) is 2. The number of hydrogen-bond donors (Lipinski definition) is 3. The van der Waals surface area contributed by atoms with E-state index in [0.717, 1.165) is 31.4 Å². The van der Waals surface area contributed by atoms with Crippen LogP contribution < -0.4 is 16.0 Å². The van der Waals surface area contributed by atoms with Crippen LogP contribution in [0.1, 0.15) is 53.4 Å². The first-order valence-corrected chi connectivity index (χ1v) is 10.9. The smallest absolute Gasteiger partial charge is 0.408 e. The minimum absolute atomic E-state index is 0.475. The van der Waals surface area contributed by atoms with Crippen molar-refractivity contribution >= 4 is 17.9 Å². The number of carbonyl (C=O) groups is 2. The number of hydrogen-bond acceptors (Lipinski definition) is 6. The van der Waals surface area contributed by atoms with Crippen LogP contribution in [0.25, 0.3) is 0 Å². The van der Waals surface area contributed by atoms with Gasteiger partial charge in [-0.1, -0.05) is 44.9 Å². The third-order valence-electron chi connectivity index (χ3n) is 4.56. The molecule has 8 nitrogen and oxygen atoms in total. The molecule has 30 heavy (non-hydrogen) atoms. The SMILES string of the molecule is CCCCNC(=O)OC(C)N(CCNc1ccccc1)C(C)OC(=O)NCCCC. The van der Waals surface area contributed by atoms with Gasteiger partial charge in [-0.2, -0.15) is 0 Å². The van der Waals surface area contributed by atoms with Crippen molar-refractivity contribution in [2.75, 3.05) is 31.5 Å².